The van der Waals surface area contributed by atoms with E-state index in [1.165, 1.54) is 0 Å². The van der Waals surface area contributed by atoms with E-state index in [0.717, 1.165) is 20.7 Å². The molecule has 2 rings (SSSR count). The molecule has 1 aromatic carbocycles. The van der Waals surface area contributed by atoms with Crippen molar-refractivity contribution in [1.29, 1.82) is 0 Å². The number of ketones is 1. The van der Waals surface area contributed by atoms with Crippen LogP contribution in [0.4, 0.5) is 0 Å². The van der Waals surface area contributed by atoms with Crippen LogP contribution < -0.4 is 0 Å². The third-order valence-corrected chi connectivity index (χ3v) is 3.71. The number of benzene rings is 1. The summed E-state index contributed by atoms with van der Waals surface area (Å²) in [5, 5.41) is 2.96. The quantitative estimate of drug-likeness (QED) is 0.864. The average Bonchev–Trinajstić information content (AvgIpc) is 2.67. The second-order valence-electron chi connectivity index (χ2n) is 3.88. The molecule has 4 heteroatoms. The lowest BCUT2D eigenvalue weighted by molar-refractivity contribution is -0.117. The number of aryl methyl sites for hydroxylation is 1. The fraction of sp³-hybridized carbons (Fsp3) is 0.231. The number of aromatic nitrogens is 1. The zero-order valence-electron chi connectivity index (χ0n) is 9.44. The topological polar surface area (TPSA) is 30.0 Å². The molecule has 0 spiro atoms. The second kappa shape index (κ2) is 5.56. The predicted molar refractivity (Wildman–Crippen MR) is 73.4 cm³/mol. The van der Waals surface area contributed by atoms with Crippen LogP contribution in [-0.4, -0.2) is 10.8 Å². The summed E-state index contributed by atoms with van der Waals surface area (Å²) in [5.74, 6) is 0.206. The van der Waals surface area contributed by atoms with Crippen LogP contribution >= 0.6 is 27.3 Å². The summed E-state index contributed by atoms with van der Waals surface area (Å²) < 4.78 is 1.03. The fourth-order valence-corrected chi connectivity index (χ4v) is 2.46. The summed E-state index contributed by atoms with van der Waals surface area (Å²) in [7, 11) is 0. The van der Waals surface area contributed by atoms with Gasteiger partial charge in [-0.15, -0.1) is 11.3 Å². The molecule has 0 fully saturated rings. The first-order chi connectivity index (χ1) is 8.13. The SMILES string of the molecule is Cc1nc(CC(=O)Cc2ccc(Br)cc2)cs1. The molecule has 2 nitrogen and oxygen atoms in total. The fourth-order valence-electron chi connectivity index (χ4n) is 1.58. The van der Waals surface area contributed by atoms with Gasteiger partial charge in [0.2, 0.25) is 0 Å². The Bertz CT molecular complexity index is 518. The van der Waals surface area contributed by atoms with E-state index in [1.807, 2.05) is 36.6 Å². The molecule has 17 heavy (non-hydrogen) atoms. The number of halogens is 1. The Morgan fingerprint density at radius 3 is 2.59 bits per heavy atom. The smallest absolute Gasteiger partial charge is 0.143 e. The van der Waals surface area contributed by atoms with Gasteiger partial charge in [0.1, 0.15) is 5.78 Å². The van der Waals surface area contributed by atoms with Crippen molar-refractivity contribution in [3.05, 3.63) is 50.4 Å². The van der Waals surface area contributed by atoms with Gasteiger partial charge in [0.15, 0.2) is 0 Å². The number of Topliss-reactive ketones (excluding diaryl/α,β-unsaturated/α-hetero) is 1. The van der Waals surface area contributed by atoms with Crippen LogP contribution in [0.25, 0.3) is 0 Å². The van der Waals surface area contributed by atoms with E-state index in [0.29, 0.717) is 12.8 Å². The maximum Gasteiger partial charge on any atom is 0.143 e. The first-order valence-electron chi connectivity index (χ1n) is 5.30. The highest BCUT2D eigenvalue weighted by Crippen LogP contribution is 2.13. The number of carbonyl (C=O) groups excluding carboxylic acids is 1. The molecule has 0 radical (unpaired) electrons. The molecule has 0 N–H and O–H groups in total. The van der Waals surface area contributed by atoms with Gasteiger partial charge in [-0.2, -0.15) is 0 Å². The molecule has 0 aliphatic carbocycles. The van der Waals surface area contributed by atoms with Gasteiger partial charge in [0, 0.05) is 22.7 Å². The minimum atomic E-state index is 0.206. The highest BCUT2D eigenvalue weighted by molar-refractivity contribution is 9.10. The molecule has 0 unspecified atom stereocenters. The largest absolute Gasteiger partial charge is 0.299 e. The van der Waals surface area contributed by atoms with Crippen molar-refractivity contribution < 1.29 is 4.79 Å². The van der Waals surface area contributed by atoms with Crippen molar-refractivity contribution in [2.75, 3.05) is 0 Å². The standard InChI is InChI=1S/C13H12BrNOS/c1-9-15-12(8-17-9)7-13(16)6-10-2-4-11(14)5-3-10/h2-5,8H,6-7H2,1H3. The Hall–Kier alpha value is -1.00. The molecule has 0 atom stereocenters. The zero-order valence-corrected chi connectivity index (χ0v) is 11.8. The summed E-state index contributed by atoms with van der Waals surface area (Å²) in [4.78, 5) is 16.1. The van der Waals surface area contributed by atoms with E-state index in [-0.39, 0.29) is 5.78 Å². The first kappa shape index (κ1) is 12.5. The Morgan fingerprint density at radius 2 is 2.00 bits per heavy atom. The van der Waals surface area contributed by atoms with Crippen LogP contribution in [0.5, 0.6) is 0 Å². The number of hydrogen-bond donors (Lipinski definition) is 0. The zero-order chi connectivity index (χ0) is 12.3. The van der Waals surface area contributed by atoms with E-state index in [9.17, 15) is 4.79 Å². The summed E-state index contributed by atoms with van der Waals surface area (Å²) in [6.07, 6.45) is 0.907. The predicted octanol–water partition coefficient (Wildman–Crippen LogP) is 3.57. The second-order valence-corrected chi connectivity index (χ2v) is 5.85. The van der Waals surface area contributed by atoms with Crippen LogP contribution in [0.15, 0.2) is 34.1 Å². The van der Waals surface area contributed by atoms with E-state index in [4.69, 9.17) is 0 Å². The maximum absolute atomic E-state index is 11.8. The Kier molecular flexibility index (Phi) is 4.07. The third-order valence-electron chi connectivity index (χ3n) is 2.36. The Morgan fingerprint density at radius 1 is 1.29 bits per heavy atom. The highest BCUT2D eigenvalue weighted by atomic mass is 79.9. The number of rotatable bonds is 4. The van der Waals surface area contributed by atoms with E-state index < -0.39 is 0 Å². The molecular weight excluding hydrogens is 298 g/mol. The molecular formula is C13H12BrNOS. The van der Waals surface area contributed by atoms with Crippen LogP contribution in [0.3, 0.4) is 0 Å². The molecule has 1 aromatic heterocycles. The minimum absolute atomic E-state index is 0.206. The van der Waals surface area contributed by atoms with Gasteiger partial charge in [-0.1, -0.05) is 28.1 Å². The van der Waals surface area contributed by atoms with Crippen molar-refractivity contribution in [2.24, 2.45) is 0 Å². The molecule has 0 aliphatic rings. The van der Waals surface area contributed by atoms with Crippen molar-refractivity contribution in [3.8, 4) is 0 Å². The first-order valence-corrected chi connectivity index (χ1v) is 6.98. The van der Waals surface area contributed by atoms with Crippen LogP contribution in [-0.2, 0) is 17.6 Å². The lowest BCUT2D eigenvalue weighted by atomic mass is 10.1. The van der Waals surface area contributed by atoms with E-state index in [2.05, 4.69) is 20.9 Å². The molecule has 0 saturated carbocycles. The van der Waals surface area contributed by atoms with Gasteiger partial charge < -0.3 is 0 Å². The number of carbonyl (C=O) groups is 1. The molecule has 1 heterocycles. The molecule has 0 saturated heterocycles. The summed E-state index contributed by atoms with van der Waals surface area (Å²) in [6, 6.07) is 7.84. The molecule has 88 valence electrons. The van der Waals surface area contributed by atoms with E-state index in [1.54, 1.807) is 11.3 Å². The average molecular weight is 310 g/mol. The van der Waals surface area contributed by atoms with Gasteiger partial charge in [0.25, 0.3) is 0 Å². The van der Waals surface area contributed by atoms with Crippen LogP contribution in [0, 0.1) is 6.92 Å². The summed E-state index contributed by atoms with van der Waals surface area (Å²) >= 11 is 4.96. The van der Waals surface area contributed by atoms with E-state index >= 15 is 0 Å². The molecule has 0 aliphatic heterocycles. The summed E-state index contributed by atoms with van der Waals surface area (Å²) in [6.45, 7) is 1.95. The van der Waals surface area contributed by atoms with Crippen molar-refractivity contribution in [1.82, 2.24) is 4.98 Å². The molecule has 2 aromatic rings. The summed E-state index contributed by atoms with van der Waals surface area (Å²) in [5.41, 5.74) is 1.93. The normalized spacial score (nSPS) is 10.5. The minimum Gasteiger partial charge on any atom is -0.299 e. The van der Waals surface area contributed by atoms with Crippen molar-refractivity contribution in [2.45, 2.75) is 19.8 Å². The highest BCUT2D eigenvalue weighted by Gasteiger charge is 2.07. The number of hydrogen-bond acceptors (Lipinski definition) is 3. The van der Waals surface area contributed by atoms with Crippen molar-refractivity contribution in [3.63, 3.8) is 0 Å². The van der Waals surface area contributed by atoms with Gasteiger partial charge in [-0.05, 0) is 24.6 Å². The monoisotopic (exact) mass is 309 g/mol. The lowest BCUT2D eigenvalue weighted by Gasteiger charge is -2.00. The van der Waals surface area contributed by atoms with Crippen molar-refractivity contribution >= 4 is 33.0 Å². The van der Waals surface area contributed by atoms with Crippen LogP contribution in [0.2, 0.25) is 0 Å². The molecule has 0 bridgehead atoms. The lowest BCUT2D eigenvalue weighted by Crippen LogP contribution is -2.06. The molecule has 0 amide bonds. The van der Waals surface area contributed by atoms with Gasteiger partial charge >= 0.3 is 0 Å². The number of thiazole rings is 1. The Labute approximate surface area is 113 Å². The Balaban J connectivity index is 1.95. The number of nitrogens with zero attached hydrogens (tertiary/aromatic N) is 1. The maximum atomic E-state index is 11.8. The van der Waals surface area contributed by atoms with Gasteiger partial charge in [-0.25, -0.2) is 4.98 Å². The van der Waals surface area contributed by atoms with Gasteiger partial charge in [0.05, 0.1) is 10.7 Å². The third kappa shape index (κ3) is 3.75. The van der Waals surface area contributed by atoms with Crippen LogP contribution in [0.1, 0.15) is 16.3 Å². The van der Waals surface area contributed by atoms with Gasteiger partial charge in [-0.3, -0.25) is 4.79 Å².